The number of ketones is 1. The number of esters is 1. The lowest BCUT2D eigenvalue weighted by atomic mass is 10.1. The van der Waals surface area contributed by atoms with Gasteiger partial charge < -0.3 is 57.0 Å². The van der Waals surface area contributed by atoms with Crippen LogP contribution in [0.1, 0.15) is 10.4 Å². The summed E-state index contributed by atoms with van der Waals surface area (Å²) in [4.78, 5) is 25.7. The normalized spacial score (nSPS) is 11.4. The lowest BCUT2D eigenvalue weighted by Gasteiger charge is -2.10. The Bertz CT molecular complexity index is 816. The topological polar surface area (TPSA) is 139 Å². The molecule has 0 unspecified atom stereocenters. The van der Waals surface area contributed by atoms with Gasteiger partial charge in [-0.2, -0.15) is 0 Å². The number of hydrogen-bond donors (Lipinski definition) is 0. The number of likely N-dealkylation sites (N-methyl/N-ethyl adjacent to an activating group) is 1. The molecule has 266 valence electrons. The first-order chi connectivity index (χ1) is 22.6. The number of ether oxygens (including phenoxy) is 11. The third-order valence-corrected chi connectivity index (χ3v) is 5.71. The third kappa shape index (κ3) is 28.2. The van der Waals surface area contributed by atoms with Crippen molar-refractivity contribution < 1.29 is 61.7 Å². The number of rotatable bonds is 35. The second kappa shape index (κ2) is 32.8. The first-order valence-corrected chi connectivity index (χ1v) is 15.8. The molecule has 14 heteroatoms. The second-order valence-electron chi connectivity index (χ2n) is 9.76. The lowest BCUT2D eigenvalue weighted by molar-refractivity contribution is -0.139. The van der Waals surface area contributed by atoms with Crippen LogP contribution in [0.15, 0.2) is 30.3 Å². The molecule has 0 heterocycles. The molecule has 1 aromatic carbocycles. The molecule has 0 spiro atoms. The molecule has 1 aromatic rings. The fourth-order valence-electron chi connectivity index (χ4n) is 3.29. The van der Waals surface area contributed by atoms with Gasteiger partial charge in [0.2, 0.25) is 0 Å². The predicted molar refractivity (Wildman–Crippen MR) is 168 cm³/mol. The zero-order chi connectivity index (χ0) is 33.2. The highest BCUT2D eigenvalue weighted by Crippen LogP contribution is 2.01. The van der Waals surface area contributed by atoms with Gasteiger partial charge in [-0.25, -0.2) is 4.79 Å². The summed E-state index contributed by atoms with van der Waals surface area (Å²) < 4.78 is 59.3. The summed E-state index contributed by atoms with van der Waals surface area (Å²) in [5.41, 5.74) is 0.297. The minimum atomic E-state index is -0.896. The van der Waals surface area contributed by atoms with Crippen molar-refractivity contribution in [1.82, 2.24) is 4.90 Å². The van der Waals surface area contributed by atoms with Gasteiger partial charge in [0.1, 0.15) is 6.61 Å². The Hall–Kier alpha value is -2.08. The van der Waals surface area contributed by atoms with Crippen molar-refractivity contribution in [3.63, 3.8) is 0 Å². The number of carbonyl (C=O) groups is 2. The summed E-state index contributed by atoms with van der Waals surface area (Å²) in [6.07, 6.45) is 0. The van der Waals surface area contributed by atoms with E-state index in [0.29, 0.717) is 131 Å². The molecular formula is C32H55NO13. The fraction of sp³-hybridized carbons (Fsp3) is 0.750. The van der Waals surface area contributed by atoms with Crippen molar-refractivity contribution in [2.45, 2.75) is 0 Å². The van der Waals surface area contributed by atoms with Crippen LogP contribution in [0.2, 0.25) is 0 Å². The predicted octanol–water partition coefficient (Wildman–Crippen LogP) is 1.14. The van der Waals surface area contributed by atoms with E-state index < -0.39 is 11.8 Å². The molecule has 0 saturated carbocycles. The average molecular weight is 662 g/mol. The van der Waals surface area contributed by atoms with Gasteiger partial charge >= 0.3 is 5.97 Å². The van der Waals surface area contributed by atoms with Crippen LogP contribution in [0.3, 0.4) is 0 Å². The van der Waals surface area contributed by atoms with Gasteiger partial charge in [0.25, 0.3) is 5.78 Å². The maximum Gasteiger partial charge on any atom is 0.379 e. The largest absolute Gasteiger partial charge is 0.457 e. The maximum atomic E-state index is 11.9. The summed E-state index contributed by atoms with van der Waals surface area (Å²) in [5.74, 6) is -1.57. The van der Waals surface area contributed by atoms with E-state index in [0.717, 1.165) is 6.54 Å². The van der Waals surface area contributed by atoms with E-state index in [1.807, 2.05) is 14.1 Å². The van der Waals surface area contributed by atoms with Crippen LogP contribution < -0.4 is 0 Å². The third-order valence-electron chi connectivity index (χ3n) is 5.71. The summed E-state index contributed by atoms with van der Waals surface area (Å²) >= 11 is 0. The zero-order valence-corrected chi connectivity index (χ0v) is 27.7. The summed E-state index contributed by atoms with van der Waals surface area (Å²) in [6.45, 7) is 10.5. The van der Waals surface area contributed by atoms with E-state index in [9.17, 15) is 9.59 Å². The molecule has 0 aromatic heterocycles. The minimum absolute atomic E-state index is 0.00107. The highest BCUT2D eigenvalue weighted by Gasteiger charge is 2.17. The molecule has 1 rings (SSSR count). The Morgan fingerprint density at radius 2 is 0.717 bits per heavy atom. The van der Waals surface area contributed by atoms with Gasteiger partial charge in [-0.05, 0) is 14.1 Å². The Balaban J connectivity index is 1.67. The molecule has 0 radical (unpaired) electrons. The first kappa shape index (κ1) is 41.9. The number of Topliss-reactive ketones (excluding diaryl/α,β-unsaturated/α-hetero) is 1. The second-order valence-corrected chi connectivity index (χ2v) is 9.76. The van der Waals surface area contributed by atoms with Crippen molar-refractivity contribution >= 4 is 11.8 Å². The van der Waals surface area contributed by atoms with Gasteiger partial charge in [-0.3, -0.25) is 4.79 Å². The lowest BCUT2D eigenvalue weighted by Crippen LogP contribution is -2.20. The Morgan fingerprint density at radius 1 is 0.435 bits per heavy atom. The summed E-state index contributed by atoms with van der Waals surface area (Å²) in [7, 11) is 4.03. The Morgan fingerprint density at radius 3 is 1.02 bits per heavy atom. The van der Waals surface area contributed by atoms with Crippen molar-refractivity contribution in [1.29, 1.82) is 0 Å². The SMILES string of the molecule is CN(C)CCOCCOCCOCCOCCOCCOCCOCCOCCOCCOCCOC(=O)C(=O)c1ccccc1. The smallest absolute Gasteiger partial charge is 0.379 e. The molecule has 0 atom stereocenters. The number of hydrogen-bond acceptors (Lipinski definition) is 14. The van der Waals surface area contributed by atoms with Crippen molar-refractivity contribution in [2.24, 2.45) is 0 Å². The Labute approximate surface area is 273 Å². The molecule has 0 fully saturated rings. The van der Waals surface area contributed by atoms with Gasteiger partial charge in [-0.15, -0.1) is 0 Å². The van der Waals surface area contributed by atoms with E-state index in [2.05, 4.69) is 4.90 Å². The molecule has 0 aliphatic rings. The van der Waals surface area contributed by atoms with Crippen LogP contribution in [0, 0.1) is 0 Å². The van der Waals surface area contributed by atoms with Gasteiger partial charge in [0.05, 0.1) is 132 Å². The van der Waals surface area contributed by atoms with E-state index in [1.54, 1.807) is 30.3 Å². The standard InChI is InChI=1S/C32H55NO13/c1-33(2)8-9-36-10-11-37-12-13-38-14-15-39-16-17-40-18-19-41-20-21-42-22-23-43-24-25-44-26-27-45-28-29-46-32(35)31(34)30-6-4-3-5-7-30/h3-7H,8-29H2,1-2H3. The quantitative estimate of drug-likeness (QED) is 0.0445. The van der Waals surface area contributed by atoms with Crippen LogP contribution in [0.25, 0.3) is 0 Å². The highest BCUT2D eigenvalue weighted by molar-refractivity contribution is 6.40. The van der Waals surface area contributed by atoms with E-state index in [1.165, 1.54) is 0 Å². The van der Waals surface area contributed by atoms with E-state index in [-0.39, 0.29) is 13.2 Å². The molecule has 0 saturated heterocycles. The van der Waals surface area contributed by atoms with Crippen molar-refractivity contribution in [2.75, 3.05) is 159 Å². The average Bonchev–Trinajstić information content (AvgIpc) is 3.06. The molecule has 0 bridgehead atoms. The van der Waals surface area contributed by atoms with Crippen LogP contribution in [-0.4, -0.2) is 176 Å². The van der Waals surface area contributed by atoms with E-state index >= 15 is 0 Å². The fourth-order valence-corrected chi connectivity index (χ4v) is 3.29. The minimum Gasteiger partial charge on any atom is -0.457 e. The monoisotopic (exact) mass is 661 g/mol. The molecule has 0 N–H and O–H groups in total. The molecule has 14 nitrogen and oxygen atoms in total. The molecule has 0 aliphatic carbocycles. The number of benzene rings is 1. The maximum absolute atomic E-state index is 11.9. The summed E-state index contributed by atoms with van der Waals surface area (Å²) in [5, 5.41) is 0. The summed E-state index contributed by atoms with van der Waals surface area (Å²) in [6, 6.07) is 8.26. The number of carbonyl (C=O) groups excluding carboxylic acids is 2. The van der Waals surface area contributed by atoms with Crippen LogP contribution in [0.5, 0.6) is 0 Å². The number of nitrogens with zero attached hydrogens (tertiary/aromatic N) is 1. The van der Waals surface area contributed by atoms with Gasteiger partial charge in [0.15, 0.2) is 0 Å². The van der Waals surface area contributed by atoms with Crippen LogP contribution in [-0.2, 0) is 56.9 Å². The van der Waals surface area contributed by atoms with E-state index in [4.69, 9.17) is 52.1 Å². The van der Waals surface area contributed by atoms with Crippen LogP contribution in [0.4, 0.5) is 0 Å². The Kier molecular flexibility index (Phi) is 29.9. The molecular weight excluding hydrogens is 606 g/mol. The molecule has 46 heavy (non-hydrogen) atoms. The molecule has 0 amide bonds. The first-order valence-electron chi connectivity index (χ1n) is 15.8. The van der Waals surface area contributed by atoms with Gasteiger partial charge in [-0.1, -0.05) is 30.3 Å². The zero-order valence-electron chi connectivity index (χ0n) is 27.7. The van der Waals surface area contributed by atoms with Crippen LogP contribution >= 0.6 is 0 Å². The molecule has 0 aliphatic heterocycles. The van der Waals surface area contributed by atoms with Gasteiger partial charge in [0, 0.05) is 12.1 Å². The van der Waals surface area contributed by atoms with Crippen molar-refractivity contribution in [3.8, 4) is 0 Å². The van der Waals surface area contributed by atoms with Crippen molar-refractivity contribution in [3.05, 3.63) is 35.9 Å². The highest BCUT2D eigenvalue weighted by atomic mass is 16.6.